The molecule has 0 atom stereocenters. The lowest BCUT2D eigenvalue weighted by Gasteiger charge is -2.12. The summed E-state index contributed by atoms with van der Waals surface area (Å²) in [6.45, 7) is 4.07. The Morgan fingerprint density at radius 1 is 0.829 bits per heavy atom. The van der Waals surface area contributed by atoms with E-state index >= 15 is 0 Å². The molecule has 0 radical (unpaired) electrons. The summed E-state index contributed by atoms with van der Waals surface area (Å²) in [6, 6.07) is 17.0. The molecule has 0 saturated heterocycles. The Labute approximate surface area is 234 Å². The summed E-state index contributed by atoms with van der Waals surface area (Å²) in [6.07, 6.45) is -3.19. The average molecular weight is 568 g/mol. The number of carboxylic acid groups (broad SMARTS) is 1. The molecule has 10 heteroatoms. The number of carbonyl (C=O) groups is 4. The number of aliphatic carboxylic acids is 1. The van der Waals surface area contributed by atoms with Crippen molar-refractivity contribution in [2.45, 2.75) is 33.1 Å². The minimum atomic E-state index is -4.89. The van der Waals surface area contributed by atoms with Crippen LogP contribution in [0.4, 0.5) is 13.2 Å². The van der Waals surface area contributed by atoms with E-state index in [9.17, 15) is 32.3 Å². The van der Waals surface area contributed by atoms with E-state index in [2.05, 4.69) is 23.9 Å². The SMILES string of the molecule is CC(C)Cc1ccc(C(=O)C=C(C(=O)c2ccc(C(=O)NCCC(=O)O)cc2)c2ccc(OC(F)(F)F)cc2)cc1. The van der Waals surface area contributed by atoms with Crippen molar-refractivity contribution < 1.29 is 42.2 Å². The van der Waals surface area contributed by atoms with E-state index in [4.69, 9.17) is 5.11 Å². The van der Waals surface area contributed by atoms with Crippen LogP contribution in [-0.4, -0.2) is 41.5 Å². The van der Waals surface area contributed by atoms with Crippen LogP contribution in [0.1, 0.15) is 62.5 Å². The number of rotatable bonds is 12. The zero-order valence-corrected chi connectivity index (χ0v) is 22.3. The molecule has 0 unspecified atom stereocenters. The second-order valence-corrected chi connectivity index (χ2v) is 9.60. The number of hydrogen-bond acceptors (Lipinski definition) is 5. The highest BCUT2D eigenvalue weighted by atomic mass is 19.4. The summed E-state index contributed by atoms with van der Waals surface area (Å²) in [5.74, 6) is -2.74. The Bertz CT molecular complexity index is 1420. The van der Waals surface area contributed by atoms with Crippen molar-refractivity contribution in [2.75, 3.05) is 6.54 Å². The Morgan fingerprint density at radius 3 is 1.90 bits per heavy atom. The van der Waals surface area contributed by atoms with Crippen LogP contribution in [0.5, 0.6) is 5.75 Å². The molecule has 0 aromatic heterocycles. The van der Waals surface area contributed by atoms with Gasteiger partial charge >= 0.3 is 12.3 Å². The fourth-order valence-corrected chi connectivity index (χ4v) is 3.92. The predicted molar refractivity (Wildman–Crippen MR) is 146 cm³/mol. The van der Waals surface area contributed by atoms with Crippen LogP contribution in [0.25, 0.3) is 5.57 Å². The molecule has 3 aromatic rings. The van der Waals surface area contributed by atoms with Crippen LogP contribution in [0.3, 0.4) is 0 Å². The number of ketones is 2. The maximum Gasteiger partial charge on any atom is 0.573 e. The number of carbonyl (C=O) groups excluding carboxylic acids is 3. The molecule has 0 aliphatic heterocycles. The number of benzene rings is 3. The molecule has 0 fully saturated rings. The monoisotopic (exact) mass is 567 g/mol. The normalized spacial score (nSPS) is 11.7. The maximum absolute atomic E-state index is 13.5. The summed E-state index contributed by atoms with van der Waals surface area (Å²) in [5.41, 5.74) is 1.79. The molecule has 0 spiro atoms. The molecule has 3 aromatic carbocycles. The van der Waals surface area contributed by atoms with Gasteiger partial charge in [-0.15, -0.1) is 13.2 Å². The van der Waals surface area contributed by atoms with E-state index in [0.29, 0.717) is 11.5 Å². The van der Waals surface area contributed by atoms with Crippen molar-refractivity contribution in [2.24, 2.45) is 5.92 Å². The largest absolute Gasteiger partial charge is 0.573 e. The van der Waals surface area contributed by atoms with Crippen molar-refractivity contribution in [3.63, 3.8) is 0 Å². The van der Waals surface area contributed by atoms with Crippen molar-refractivity contribution in [1.29, 1.82) is 0 Å². The molecular weight excluding hydrogens is 539 g/mol. The fraction of sp³-hybridized carbons (Fsp3) is 0.226. The third-order valence-corrected chi connectivity index (χ3v) is 5.84. The first kappa shape index (κ1) is 30.8. The maximum atomic E-state index is 13.5. The molecule has 7 nitrogen and oxygen atoms in total. The van der Waals surface area contributed by atoms with E-state index in [1.165, 1.54) is 36.4 Å². The van der Waals surface area contributed by atoms with Crippen LogP contribution in [0.2, 0.25) is 0 Å². The van der Waals surface area contributed by atoms with Gasteiger partial charge in [-0.3, -0.25) is 19.2 Å². The van der Waals surface area contributed by atoms with Gasteiger partial charge in [-0.05, 0) is 53.8 Å². The molecule has 0 saturated carbocycles. The van der Waals surface area contributed by atoms with E-state index in [1.54, 1.807) is 12.1 Å². The first-order valence-corrected chi connectivity index (χ1v) is 12.7. The van der Waals surface area contributed by atoms with Gasteiger partial charge in [-0.25, -0.2) is 0 Å². The molecule has 0 aliphatic carbocycles. The van der Waals surface area contributed by atoms with Gasteiger partial charge in [0.1, 0.15) is 5.75 Å². The van der Waals surface area contributed by atoms with Gasteiger partial charge in [0.2, 0.25) is 0 Å². The molecule has 1 amide bonds. The summed E-state index contributed by atoms with van der Waals surface area (Å²) in [4.78, 5) is 49.6. The third-order valence-electron chi connectivity index (χ3n) is 5.84. The number of allylic oxidation sites excluding steroid dienone is 2. The van der Waals surface area contributed by atoms with Gasteiger partial charge in [-0.1, -0.05) is 62.4 Å². The van der Waals surface area contributed by atoms with Crippen LogP contribution in [0.15, 0.2) is 78.9 Å². The molecule has 0 aliphatic rings. The van der Waals surface area contributed by atoms with Crippen LogP contribution >= 0.6 is 0 Å². The summed E-state index contributed by atoms with van der Waals surface area (Å²) in [5, 5.41) is 11.2. The molecule has 0 heterocycles. The van der Waals surface area contributed by atoms with E-state index in [-0.39, 0.29) is 35.2 Å². The topological polar surface area (TPSA) is 110 Å². The standard InChI is InChI=1S/C31H28F3NO6/c1-19(2)17-20-3-5-22(6-4-20)27(36)18-26(21-11-13-25(14-12-21)41-31(32,33)34)29(39)23-7-9-24(10-8-23)30(40)35-16-15-28(37)38/h3-14,18-19H,15-17H2,1-2H3,(H,35,40)(H,37,38). The van der Waals surface area contributed by atoms with Gasteiger partial charge in [0.05, 0.1) is 6.42 Å². The highest BCUT2D eigenvalue weighted by molar-refractivity contribution is 6.32. The smallest absolute Gasteiger partial charge is 0.481 e. The van der Waals surface area contributed by atoms with Crippen molar-refractivity contribution in [3.8, 4) is 5.75 Å². The fourth-order valence-electron chi connectivity index (χ4n) is 3.92. The Morgan fingerprint density at radius 2 is 1.37 bits per heavy atom. The van der Waals surface area contributed by atoms with Crippen LogP contribution in [0, 0.1) is 5.92 Å². The second kappa shape index (κ2) is 13.6. The van der Waals surface area contributed by atoms with Crippen molar-refractivity contribution >= 4 is 29.0 Å². The van der Waals surface area contributed by atoms with Crippen LogP contribution < -0.4 is 10.1 Å². The zero-order valence-electron chi connectivity index (χ0n) is 22.3. The number of amides is 1. The molecule has 2 N–H and O–H groups in total. The number of hydrogen-bond donors (Lipinski definition) is 2. The molecule has 0 bridgehead atoms. The van der Waals surface area contributed by atoms with E-state index < -0.39 is 35.6 Å². The predicted octanol–water partition coefficient (Wildman–Crippen LogP) is 6.14. The highest BCUT2D eigenvalue weighted by Gasteiger charge is 2.31. The van der Waals surface area contributed by atoms with Crippen molar-refractivity contribution in [3.05, 3.63) is 107 Å². The van der Waals surface area contributed by atoms with Crippen molar-refractivity contribution in [1.82, 2.24) is 5.32 Å². The van der Waals surface area contributed by atoms with Gasteiger partial charge in [0.15, 0.2) is 11.6 Å². The van der Waals surface area contributed by atoms with Gasteiger partial charge in [0.25, 0.3) is 5.91 Å². The number of carboxylic acids is 1. The highest BCUT2D eigenvalue weighted by Crippen LogP contribution is 2.27. The second-order valence-electron chi connectivity index (χ2n) is 9.60. The number of nitrogens with one attached hydrogen (secondary N) is 1. The summed E-state index contributed by atoms with van der Waals surface area (Å²) >= 11 is 0. The quantitative estimate of drug-likeness (QED) is 0.201. The van der Waals surface area contributed by atoms with E-state index in [1.807, 2.05) is 12.1 Å². The van der Waals surface area contributed by atoms with Gasteiger partial charge in [0, 0.05) is 28.8 Å². The lowest BCUT2D eigenvalue weighted by molar-refractivity contribution is -0.274. The Hall–Kier alpha value is -4.73. The first-order chi connectivity index (χ1) is 19.3. The van der Waals surface area contributed by atoms with Gasteiger partial charge in [-0.2, -0.15) is 0 Å². The number of ether oxygens (including phenoxy) is 1. The summed E-state index contributed by atoms with van der Waals surface area (Å²) < 4.78 is 41.7. The average Bonchev–Trinajstić information content (AvgIpc) is 2.91. The zero-order chi connectivity index (χ0) is 30.2. The minimum absolute atomic E-state index is 0.0709. The Balaban J connectivity index is 1.91. The summed E-state index contributed by atoms with van der Waals surface area (Å²) in [7, 11) is 0. The molecule has 3 rings (SSSR count). The number of halogens is 3. The Kier molecular flexibility index (Phi) is 10.2. The number of Topliss-reactive ketones (excluding diaryl/α,β-unsaturated/α-hetero) is 1. The molecule has 214 valence electrons. The van der Waals surface area contributed by atoms with Gasteiger partial charge < -0.3 is 15.2 Å². The first-order valence-electron chi connectivity index (χ1n) is 12.7. The third kappa shape index (κ3) is 9.45. The van der Waals surface area contributed by atoms with Crippen LogP contribution in [-0.2, 0) is 11.2 Å². The number of alkyl halides is 3. The van der Waals surface area contributed by atoms with E-state index in [0.717, 1.165) is 30.2 Å². The lowest BCUT2D eigenvalue weighted by atomic mass is 9.93. The lowest BCUT2D eigenvalue weighted by Crippen LogP contribution is -2.26. The molecular formula is C31H28F3NO6. The minimum Gasteiger partial charge on any atom is -0.481 e. The molecule has 41 heavy (non-hydrogen) atoms.